The van der Waals surface area contributed by atoms with Crippen molar-refractivity contribution in [3.63, 3.8) is 0 Å². The van der Waals surface area contributed by atoms with Crippen LogP contribution in [-0.2, 0) is 6.54 Å². The number of nitrogens with zero attached hydrogens (tertiary/aromatic N) is 2. The number of nitrogen functional groups attached to an aromatic ring is 1. The number of nitrogens with two attached hydrogens (primary N) is 1. The molecule has 2 rings (SSSR count). The van der Waals surface area contributed by atoms with E-state index in [9.17, 15) is 0 Å². The molecule has 1 aromatic carbocycles. The largest absolute Gasteiger partial charge is 0.492 e. The number of ether oxygens (including phenoxy) is 1. The Balaban J connectivity index is 1.89. The lowest BCUT2D eigenvalue weighted by Gasteiger charge is -2.08. The van der Waals surface area contributed by atoms with E-state index in [0.29, 0.717) is 12.3 Å². The van der Waals surface area contributed by atoms with Crippen LogP contribution in [0.2, 0.25) is 0 Å². The van der Waals surface area contributed by atoms with Gasteiger partial charge in [-0.25, -0.2) is 0 Å². The minimum atomic E-state index is 0.589. The standard InChI is InChI=1S/C13H17N3O/c1-10-8-11(2)16(15-10)6-7-17-13-5-3-4-12(14)9-13/h3-5,8-9H,6-7,14H2,1-2H3. The Bertz CT molecular complexity index is 505. The van der Waals surface area contributed by atoms with Crippen molar-refractivity contribution in [2.75, 3.05) is 12.3 Å². The summed E-state index contributed by atoms with van der Waals surface area (Å²) in [7, 11) is 0. The Hall–Kier alpha value is -1.97. The lowest BCUT2D eigenvalue weighted by molar-refractivity contribution is 0.290. The van der Waals surface area contributed by atoms with Crippen LogP contribution in [0.25, 0.3) is 0 Å². The average Bonchev–Trinajstić information content (AvgIpc) is 2.58. The molecule has 0 atom stereocenters. The molecule has 17 heavy (non-hydrogen) atoms. The van der Waals surface area contributed by atoms with Crippen molar-refractivity contribution in [1.82, 2.24) is 9.78 Å². The van der Waals surface area contributed by atoms with Gasteiger partial charge < -0.3 is 10.5 Å². The third kappa shape index (κ3) is 3.00. The second-order valence-corrected chi connectivity index (χ2v) is 4.07. The van der Waals surface area contributed by atoms with Gasteiger partial charge in [-0.2, -0.15) is 5.10 Å². The summed E-state index contributed by atoms with van der Waals surface area (Å²) in [5.41, 5.74) is 8.57. The van der Waals surface area contributed by atoms with Gasteiger partial charge >= 0.3 is 0 Å². The van der Waals surface area contributed by atoms with Crippen LogP contribution in [-0.4, -0.2) is 16.4 Å². The van der Waals surface area contributed by atoms with Gasteiger partial charge in [-0.3, -0.25) is 4.68 Å². The van der Waals surface area contributed by atoms with Crippen molar-refractivity contribution in [2.24, 2.45) is 0 Å². The van der Waals surface area contributed by atoms with Crippen LogP contribution in [0.5, 0.6) is 5.75 Å². The van der Waals surface area contributed by atoms with Gasteiger partial charge in [0.05, 0.1) is 12.2 Å². The zero-order valence-corrected chi connectivity index (χ0v) is 10.2. The van der Waals surface area contributed by atoms with Gasteiger partial charge in [0.25, 0.3) is 0 Å². The smallest absolute Gasteiger partial charge is 0.121 e. The van der Waals surface area contributed by atoms with Crippen molar-refractivity contribution in [1.29, 1.82) is 0 Å². The van der Waals surface area contributed by atoms with Crippen LogP contribution < -0.4 is 10.5 Å². The normalized spacial score (nSPS) is 10.5. The Morgan fingerprint density at radius 3 is 2.76 bits per heavy atom. The number of benzene rings is 1. The van der Waals surface area contributed by atoms with E-state index in [1.165, 1.54) is 0 Å². The lowest BCUT2D eigenvalue weighted by Crippen LogP contribution is -2.10. The van der Waals surface area contributed by atoms with Crippen LogP contribution in [0.15, 0.2) is 30.3 Å². The maximum atomic E-state index is 5.67. The number of aryl methyl sites for hydroxylation is 2. The molecule has 0 amide bonds. The number of anilines is 1. The van der Waals surface area contributed by atoms with Gasteiger partial charge in [0.2, 0.25) is 0 Å². The highest BCUT2D eigenvalue weighted by Gasteiger charge is 2.00. The molecule has 0 bridgehead atoms. The van der Waals surface area contributed by atoms with E-state index >= 15 is 0 Å². The van der Waals surface area contributed by atoms with E-state index in [4.69, 9.17) is 10.5 Å². The van der Waals surface area contributed by atoms with Crippen LogP contribution in [0.4, 0.5) is 5.69 Å². The predicted molar refractivity (Wildman–Crippen MR) is 68.1 cm³/mol. The summed E-state index contributed by atoms with van der Waals surface area (Å²) < 4.78 is 7.56. The van der Waals surface area contributed by atoms with Gasteiger partial charge in [-0.15, -0.1) is 0 Å². The van der Waals surface area contributed by atoms with Crippen molar-refractivity contribution in [3.05, 3.63) is 41.7 Å². The van der Waals surface area contributed by atoms with Crippen LogP contribution in [0, 0.1) is 13.8 Å². The Morgan fingerprint density at radius 2 is 2.12 bits per heavy atom. The molecule has 4 heteroatoms. The van der Waals surface area contributed by atoms with Crippen molar-refractivity contribution in [3.8, 4) is 5.75 Å². The predicted octanol–water partition coefficient (Wildman–Crippen LogP) is 2.16. The maximum absolute atomic E-state index is 5.67. The first-order chi connectivity index (χ1) is 8.15. The van der Waals surface area contributed by atoms with E-state index in [1.54, 1.807) is 0 Å². The van der Waals surface area contributed by atoms with Crippen LogP contribution in [0.3, 0.4) is 0 Å². The van der Waals surface area contributed by atoms with E-state index in [-0.39, 0.29) is 0 Å². The Morgan fingerprint density at radius 1 is 1.29 bits per heavy atom. The molecule has 0 aliphatic carbocycles. The molecule has 0 radical (unpaired) electrons. The molecule has 90 valence electrons. The highest BCUT2D eigenvalue weighted by atomic mass is 16.5. The zero-order chi connectivity index (χ0) is 12.3. The molecular formula is C13H17N3O. The molecule has 1 heterocycles. The zero-order valence-electron chi connectivity index (χ0n) is 10.2. The number of rotatable bonds is 4. The Kier molecular flexibility index (Phi) is 3.32. The molecule has 0 fully saturated rings. The number of hydrogen-bond acceptors (Lipinski definition) is 3. The van der Waals surface area contributed by atoms with E-state index in [0.717, 1.165) is 23.7 Å². The van der Waals surface area contributed by atoms with E-state index in [2.05, 4.69) is 11.2 Å². The molecule has 1 aromatic heterocycles. The topological polar surface area (TPSA) is 53.1 Å². The first-order valence-electron chi connectivity index (χ1n) is 5.64. The fourth-order valence-electron chi connectivity index (χ4n) is 1.76. The van der Waals surface area contributed by atoms with Gasteiger partial charge in [0.15, 0.2) is 0 Å². The van der Waals surface area contributed by atoms with Crippen LogP contribution >= 0.6 is 0 Å². The summed E-state index contributed by atoms with van der Waals surface area (Å²) in [4.78, 5) is 0. The third-order valence-corrected chi connectivity index (χ3v) is 2.53. The number of aromatic nitrogens is 2. The van der Waals surface area contributed by atoms with E-state index < -0.39 is 0 Å². The minimum absolute atomic E-state index is 0.589. The van der Waals surface area contributed by atoms with Gasteiger partial charge in [-0.1, -0.05) is 6.07 Å². The fourth-order valence-corrected chi connectivity index (χ4v) is 1.76. The Labute approximate surface area is 101 Å². The van der Waals surface area contributed by atoms with Crippen LogP contribution in [0.1, 0.15) is 11.4 Å². The average molecular weight is 231 g/mol. The van der Waals surface area contributed by atoms with Gasteiger partial charge in [0.1, 0.15) is 12.4 Å². The molecule has 4 nitrogen and oxygen atoms in total. The quantitative estimate of drug-likeness (QED) is 0.820. The van der Waals surface area contributed by atoms with E-state index in [1.807, 2.05) is 42.8 Å². The van der Waals surface area contributed by atoms with Crippen molar-refractivity contribution in [2.45, 2.75) is 20.4 Å². The monoisotopic (exact) mass is 231 g/mol. The second-order valence-electron chi connectivity index (χ2n) is 4.07. The molecule has 0 saturated heterocycles. The molecule has 0 unspecified atom stereocenters. The molecule has 0 saturated carbocycles. The molecule has 2 aromatic rings. The molecule has 0 spiro atoms. The summed E-state index contributed by atoms with van der Waals surface area (Å²) in [6, 6.07) is 9.50. The van der Waals surface area contributed by atoms with Crippen molar-refractivity contribution >= 4 is 5.69 Å². The molecule has 0 aliphatic heterocycles. The summed E-state index contributed by atoms with van der Waals surface area (Å²) in [6.07, 6.45) is 0. The second kappa shape index (κ2) is 4.91. The molecule has 2 N–H and O–H groups in total. The molecular weight excluding hydrogens is 214 g/mol. The summed E-state index contributed by atoms with van der Waals surface area (Å²) in [5.74, 6) is 0.798. The highest BCUT2D eigenvalue weighted by Crippen LogP contribution is 2.14. The summed E-state index contributed by atoms with van der Waals surface area (Å²) >= 11 is 0. The summed E-state index contributed by atoms with van der Waals surface area (Å²) in [5, 5.41) is 4.37. The lowest BCUT2D eigenvalue weighted by atomic mass is 10.3. The van der Waals surface area contributed by atoms with Crippen molar-refractivity contribution < 1.29 is 4.74 Å². The van der Waals surface area contributed by atoms with Gasteiger partial charge in [-0.05, 0) is 32.0 Å². The first-order valence-corrected chi connectivity index (χ1v) is 5.64. The summed E-state index contributed by atoms with van der Waals surface area (Å²) in [6.45, 7) is 5.36. The first kappa shape index (κ1) is 11.5. The number of hydrogen-bond donors (Lipinski definition) is 1. The third-order valence-electron chi connectivity index (χ3n) is 2.53. The highest BCUT2D eigenvalue weighted by molar-refractivity contribution is 5.43. The minimum Gasteiger partial charge on any atom is -0.492 e. The maximum Gasteiger partial charge on any atom is 0.121 e. The van der Waals surface area contributed by atoms with Gasteiger partial charge in [0, 0.05) is 17.4 Å². The SMILES string of the molecule is Cc1cc(C)n(CCOc2cccc(N)c2)n1. The molecule has 0 aliphatic rings. The fraction of sp³-hybridized carbons (Fsp3) is 0.308.